The van der Waals surface area contributed by atoms with Crippen LogP contribution in [0, 0.1) is 11.6 Å². The summed E-state index contributed by atoms with van der Waals surface area (Å²) in [6, 6.07) is 0.896. The van der Waals surface area contributed by atoms with Crippen LogP contribution in [-0.4, -0.2) is 37.8 Å². The van der Waals surface area contributed by atoms with Gasteiger partial charge in [-0.15, -0.1) is 0 Å². The monoisotopic (exact) mass is 319 g/mol. The zero-order valence-corrected chi connectivity index (χ0v) is 12.1. The maximum absolute atomic E-state index is 13.7. The Kier molecular flexibility index (Phi) is 4.15. The molecule has 0 bridgehead atoms. The summed E-state index contributed by atoms with van der Waals surface area (Å²) >= 11 is 0. The molecule has 1 aromatic rings. The van der Waals surface area contributed by atoms with Gasteiger partial charge >= 0.3 is 0 Å². The van der Waals surface area contributed by atoms with E-state index in [0.29, 0.717) is 12.5 Å². The Bertz CT molecular complexity index is 679. The number of nitrogen functional groups attached to an aromatic ring is 1. The van der Waals surface area contributed by atoms with E-state index >= 15 is 0 Å². The standard InChI is InChI=1S/C12H15F2N3O3S/c1-7(18)16-8-2-3-17(6-8)21(19,20)12-5-11(15)9(13)4-10(12)14/h4-5,8H,2-3,6,15H2,1H3,(H,16,18). The number of nitrogens with two attached hydrogens (primary N) is 1. The number of hydrogen-bond acceptors (Lipinski definition) is 4. The number of benzene rings is 1. The minimum absolute atomic E-state index is 0.0403. The molecule has 1 unspecified atom stereocenters. The molecule has 6 nitrogen and oxygen atoms in total. The van der Waals surface area contributed by atoms with Crippen molar-refractivity contribution in [2.45, 2.75) is 24.3 Å². The third-order valence-electron chi connectivity index (χ3n) is 3.23. The highest BCUT2D eigenvalue weighted by molar-refractivity contribution is 7.89. The van der Waals surface area contributed by atoms with Crippen molar-refractivity contribution < 1.29 is 22.0 Å². The molecule has 0 spiro atoms. The number of carbonyl (C=O) groups is 1. The number of nitrogens with zero attached hydrogens (tertiary/aromatic N) is 1. The normalized spacial score (nSPS) is 19.7. The Morgan fingerprint density at radius 3 is 2.67 bits per heavy atom. The molecule has 0 radical (unpaired) electrons. The van der Waals surface area contributed by atoms with Crippen molar-refractivity contribution in [3.8, 4) is 0 Å². The van der Waals surface area contributed by atoms with Crippen molar-refractivity contribution in [2.24, 2.45) is 0 Å². The van der Waals surface area contributed by atoms with E-state index in [2.05, 4.69) is 5.32 Å². The maximum atomic E-state index is 13.7. The van der Waals surface area contributed by atoms with Crippen LogP contribution in [0.1, 0.15) is 13.3 Å². The van der Waals surface area contributed by atoms with Gasteiger partial charge < -0.3 is 11.1 Å². The van der Waals surface area contributed by atoms with Crippen molar-refractivity contribution in [2.75, 3.05) is 18.8 Å². The third-order valence-corrected chi connectivity index (χ3v) is 5.11. The number of sulfonamides is 1. The van der Waals surface area contributed by atoms with Gasteiger partial charge in [0.15, 0.2) is 0 Å². The molecule has 1 heterocycles. The predicted octanol–water partition coefficient (Wildman–Crippen LogP) is 0.446. The van der Waals surface area contributed by atoms with Gasteiger partial charge in [-0.1, -0.05) is 0 Å². The van der Waals surface area contributed by atoms with Crippen LogP contribution < -0.4 is 11.1 Å². The number of hydrogen-bond donors (Lipinski definition) is 2. The van der Waals surface area contributed by atoms with E-state index in [1.165, 1.54) is 6.92 Å². The van der Waals surface area contributed by atoms with E-state index in [9.17, 15) is 22.0 Å². The molecule has 0 aliphatic carbocycles. The first-order chi connectivity index (χ1) is 9.71. The van der Waals surface area contributed by atoms with Crippen LogP contribution >= 0.6 is 0 Å². The van der Waals surface area contributed by atoms with Crippen LogP contribution in [0.4, 0.5) is 14.5 Å². The molecule has 1 amide bonds. The van der Waals surface area contributed by atoms with Gasteiger partial charge in [-0.05, 0) is 12.5 Å². The molecular weight excluding hydrogens is 304 g/mol. The molecule has 21 heavy (non-hydrogen) atoms. The molecule has 1 aliphatic heterocycles. The second-order valence-corrected chi connectivity index (χ2v) is 6.76. The number of anilines is 1. The van der Waals surface area contributed by atoms with Crippen LogP contribution in [-0.2, 0) is 14.8 Å². The molecule has 2 rings (SSSR count). The molecule has 3 N–H and O–H groups in total. The van der Waals surface area contributed by atoms with E-state index in [1.54, 1.807) is 0 Å². The topological polar surface area (TPSA) is 92.5 Å². The minimum Gasteiger partial charge on any atom is -0.396 e. The number of halogens is 2. The van der Waals surface area contributed by atoms with E-state index in [1.807, 2.05) is 0 Å². The average molecular weight is 319 g/mol. The number of amides is 1. The van der Waals surface area contributed by atoms with Gasteiger partial charge in [0, 0.05) is 32.1 Å². The van der Waals surface area contributed by atoms with Crippen LogP contribution in [0.15, 0.2) is 17.0 Å². The molecule has 0 aromatic heterocycles. The smallest absolute Gasteiger partial charge is 0.246 e. The Hall–Kier alpha value is -1.74. The quantitative estimate of drug-likeness (QED) is 0.791. The highest BCUT2D eigenvalue weighted by Gasteiger charge is 2.34. The van der Waals surface area contributed by atoms with Crippen LogP contribution in [0.3, 0.4) is 0 Å². The first kappa shape index (κ1) is 15.6. The number of nitrogens with one attached hydrogen (secondary N) is 1. The highest BCUT2D eigenvalue weighted by Crippen LogP contribution is 2.26. The summed E-state index contributed by atoms with van der Waals surface area (Å²) in [5, 5.41) is 2.61. The maximum Gasteiger partial charge on any atom is 0.246 e. The van der Waals surface area contributed by atoms with Crippen molar-refractivity contribution in [3.05, 3.63) is 23.8 Å². The molecule has 1 saturated heterocycles. The van der Waals surface area contributed by atoms with Crippen LogP contribution in [0.5, 0.6) is 0 Å². The summed E-state index contributed by atoms with van der Waals surface area (Å²) in [5.41, 5.74) is 4.86. The van der Waals surface area contributed by atoms with Gasteiger partial charge in [-0.25, -0.2) is 17.2 Å². The zero-order chi connectivity index (χ0) is 15.8. The van der Waals surface area contributed by atoms with Gasteiger partial charge in [-0.3, -0.25) is 4.79 Å². The SMILES string of the molecule is CC(=O)NC1CCN(S(=O)(=O)c2cc(N)c(F)cc2F)C1. The summed E-state index contributed by atoms with van der Waals surface area (Å²) in [7, 11) is -4.12. The first-order valence-electron chi connectivity index (χ1n) is 6.23. The second-order valence-electron chi connectivity index (χ2n) is 4.85. The Labute approximate surface area is 121 Å². The van der Waals surface area contributed by atoms with Gasteiger partial charge in [0.05, 0.1) is 5.69 Å². The summed E-state index contributed by atoms with van der Waals surface area (Å²) in [6.07, 6.45) is 0.428. The fourth-order valence-electron chi connectivity index (χ4n) is 2.23. The lowest BCUT2D eigenvalue weighted by atomic mass is 10.3. The van der Waals surface area contributed by atoms with Crippen molar-refractivity contribution >= 4 is 21.6 Å². The summed E-state index contributed by atoms with van der Waals surface area (Å²) in [6.45, 7) is 1.51. The molecule has 9 heteroatoms. The van der Waals surface area contributed by atoms with E-state index in [4.69, 9.17) is 5.73 Å². The molecule has 1 aliphatic rings. The lowest BCUT2D eigenvalue weighted by molar-refractivity contribution is -0.119. The van der Waals surface area contributed by atoms with Crippen LogP contribution in [0.25, 0.3) is 0 Å². The summed E-state index contributed by atoms with van der Waals surface area (Å²) in [4.78, 5) is 10.3. The fraction of sp³-hybridized carbons (Fsp3) is 0.417. The molecule has 116 valence electrons. The fourth-order valence-corrected chi connectivity index (χ4v) is 3.81. The van der Waals surface area contributed by atoms with Gasteiger partial charge in [0.2, 0.25) is 15.9 Å². The average Bonchev–Trinajstić information content (AvgIpc) is 2.81. The van der Waals surface area contributed by atoms with Crippen LogP contribution in [0.2, 0.25) is 0 Å². The van der Waals surface area contributed by atoms with Gasteiger partial charge in [-0.2, -0.15) is 4.31 Å². The van der Waals surface area contributed by atoms with Gasteiger partial charge in [0.25, 0.3) is 0 Å². The molecular formula is C12H15F2N3O3S. The second kappa shape index (κ2) is 5.57. The number of carbonyl (C=O) groups excluding carboxylic acids is 1. The molecule has 1 atom stereocenters. The zero-order valence-electron chi connectivity index (χ0n) is 11.3. The van der Waals surface area contributed by atoms with Crippen molar-refractivity contribution in [3.63, 3.8) is 0 Å². The van der Waals surface area contributed by atoms with E-state index < -0.39 is 32.2 Å². The summed E-state index contributed by atoms with van der Waals surface area (Å²) < 4.78 is 52.6. The van der Waals surface area contributed by atoms with E-state index in [0.717, 1.165) is 10.4 Å². The molecule has 0 saturated carbocycles. The Morgan fingerprint density at radius 2 is 2.05 bits per heavy atom. The Morgan fingerprint density at radius 1 is 1.38 bits per heavy atom. The lowest BCUT2D eigenvalue weighted by Crippen LogP contribution is -2.37. The third kappa shape index (κ3) is 3.13. The minimum atomic E-state index is -4.12. The summed E-state index contributed by atoms with van der Waals surface area (Å²) in [5.74, 6) is -2.47. The first-order valence-corrected chi connectivity index (χ1v) is 7.67. The molecule has 1 fully saturated rings. The predicted molar refractivity (Wildman–Crippen MR) is 71.8 cm³/mol. The highest BCUT2D eigenvalue weighted by atomic mass is 32.2. The van der Waals surface area contributed by atoms with Gasteiger partial charge in [0.1, 0.15) is 16.5 Å². The lowest BCUT2D eigenvalue weighted by Gasteiger charge is -2.17. The Balaban J connectivity index is 2.28. The number of rotatable bonds is 3. The van der Waals surface area contributed by atoms with E-state index in [-0.39, 0.29) is 25.0 Å². The largest absolute Gasteiger partial charge is 0.396 e. The molecule has 1 aromatic carbocycles. The van der Waals surface area contributed by atoms with Crippen molar-refractivity contribution in [1.29, 1.82) is 0 Å². The van der Waals surface area contributed by atoms with Crippen molar-refractivity contribution in [1.82, 2.24) is 9.62 Å².